The van der Waals surface area contributed by atoms with E-state index in [9.17, 15) is 13.2 Å². The number of carbonyl (C=O) groups is 1. The van der Waals surface area contributed by atoms with Crippen LogP contribution in [0.4, 0.5) is 0 Å². The van der Waals surface area contributed by atoms with Crippen LogP contribution in [0.25, 0.3) is 0 Å². The summed E-state index contributed by atoms with van der Waals surface area (Å²) in [5.41, 5.74) is 1.15. The highest BCUT2D eigenvalue weighted by molar-refractivity contribution is 7.89. The Hall–Kier alpha value is -1.44. The summed E-state index contributed by atoms with van der Waals surface area (Å²) in [6.45, 7) is 9.31. The molecule has 2 heterocycles. The van der Waals surface area contributed by atoms with Crippen molar-refractivity contribution in [3.05, 3.63) is 29.3 Å². The van der Waals surface area contributed by atoms with E-state index >= 15 is 0 Å². The Morgan fingerprint density at radius 2 is 1.69 bits per heavy atom. The van der Waals surface area contributed by atoms with Crippen molar-refractivity contribution in [2.75, 3.05) is 33.2 Å². The summed E-state index contributed by atoms with van der Waals surface area (Å²) >= 11 is 0. The van der Waals surface area contributed by atoms with E-state index in [1.54, 1.807) is 34.3 Å². The number of benzene rings is 1. The molecule has 0 saturated carbocycles. The molecule has 0 N–H and O–H groups in total. The fourth-order valence-electron chi connectivity index (χ4n) is 4.41. The van der Waals surface area contributed by atoms with Gasteiger partial charge in [0.1, 0.15) is 0 Å². The van der Waals surface area contributed by atoms with Gasteiger partial charge in [-0.05, 0) is 64.2 Å². The largest absolute Gasteiger partial charge is 0.339 e. The fourth-order valence-corrected chi connectivity index (χ4v) is 6.18. The van der Waals surface area contributed by atoms with E-state index in [1.807, 2.05) is 7.05 Å². The predicted molar refractivity (Wildman–Crippen MR) is 116 cm³/mol. The second kappa shape index (κ2) is 9.14. The molecule has 2 aliphatic rings. The zero-order valence-electron chi connectivity index (χ0n) is 18.2. The highest BCUT2D eigenvalue weighted by Crippen LogP contribution is 2.26. The number of hydrogen-bond acceptors (Lipinski definition) is 4. The van der Waals surface area contributed by atoms with Crippen LogP contribution in [0.5, 0.6) is 0 Å². The Morgan fingerprint density at radius 3 is 2.28 bits per heavy atom. The van der Waals surface area contributed by atoms with Crippen LogP contribution in [-0.4, -0.2) is 73.7 Å². The third-order valence-corrected chi connectivity index (χ3v) is 8.51. The molecule has 1 aromatic rings. The number of amides is 1. The van der Waals surface area contributed by atoms with Gasteiger partial charge >= 0.3 is 0 Å². The van der Waals surface area contributed by atoms with E-state index < -0.39 is 10.0 Å². The standard InChI is InChI=1S/C22H35N3O3S/c1-17(2)24-14-10-20(11-15-24)23(4)22(26)19-9-8-18(3)21(16-19)29(27,28)25-12-6-5-7-13-25/h8-9,16-17,20H,5-7,10-15H2,1-4H3. The summed E-state index contributed by atoms with van der Waals surface area (Å²) in [5, 5.41) is 0. The second-order valence-corrected chi connectivity index (χ2v) is 10.6. The predicted octanol–water partition coefficient (Wildman–Crippen LogP) is 3.11. The molecule has 0 aromatic heterocycles. The quantitative estimate of drug-likeness (QED) is 0.733. The van der Waals surface area contributed by atoms with Gasteiger partial charge < -0.3 is 9.80 Å². The first-order valence-corrected chi connectivity index (χ1v) is 12.3. The number of aryl methyl sites for hydroxylation is 1. The highest BCUT2D eigenvalue weighted by atomic mass is 32.2. The lowest BCUT2D eigenvalue weighted by atomic mass is 10.0. The zero-order chi connectivity index (χ0) is 21.2. The third-order valence-electron chi connectivity index (χ3n) is 6.47. The molecule has 1 amide bonds. The first-order valence-electron chi connectivity index (χ1n) is 10.8. The zero-order valence-corrected chi connectivity index (χ0v) is 19.0. The second-order valence-electron chi connectivity index (χ2n) is 8.72. The molecular formula is C22H35N3O3S. The number of sulfonamides is 1. The van der Waals surface area contributed by atoms with Crippen molar-refractivity contribution in [2.24, 2.45) is 0 Å². The summed E-state index contributed by atoms with van der Waals surface area (Å²) < 4.78 is 27.9. The van der Waals surface area contributed by atoms with Crippen LogP contribution in [0.15, 0.2) is 23.1 Å². The molecule has 2 saturated heterocycles. The van der Waals surface area contributed by atoms with Crippen molar-refractivity contribution in [3.8, 4) is 0 Å². The smallest absolute Gasteiger partial charge is 0.253 e. The summed E-state index contributed by atoms with van der Waals surface area (Å²) in [6, 6.07) is 5.82. The van der Waals surface area contributed by atoms with Gasteiger partial charge in [-0.3, -0.25) is 4.79 Å². The molecule has 0 spiro atoms. The molecular weight excluding hydrogens is 386 g/mol. The van der Waals surface area contributed by atoms with Crippen molar-refractivity contribution < 1.29 is 13.2 Å². The van der Waals surface area contributed by atoms with Gasteiger partial charge in [0.25, 0.3) is 5.91 Å². The molecule has 2 fully saturated rings. The molecule has 3 rings (SSSR count). The number of hydrogen-bond donors (Lipinski definition) is 0. The summed E-state index contributed by atoms with van der Waals surface area (Å²) in [5.74, 6) is -0.0944. The molecule has 6 nitrogen and oxygen atoms in total. The highest BCUT2D eigenvalue weighted by Gasteiger charge is 2.30. The average molecular weight is 422 g/mol. The summed E-state index contributed by atoms with van der Waals surface area (Å²) in [7, 11) is -1.72. The molecule has 0 aliphatic carbocycles. The molecule has 162 valence electrons. The molecule has 0 radical (unpaired) electrons. The van der Waals surface area contributed by atoms with E-state index in [2.05, 4.69) is 18.7 Å². The third kappa shape index (κ3) is 4.84. The van der Waals surface area contributed by atoms with Crippen LogP contribution in [-0.2, 0) is 10.0 Å². The first-order chi connectivity index (χ1) is 13.7. The van der Waals surface area contributed by atoms with Crippen molar-refractivity contribution >= 4 is 15.9 Å². The minimum Gasteiger partial charge on any atom is -0.339 e. The number of likely N-dealkylation sites (tertiary alicyclic amines) is 1. The lowest BCUT2D eigenvalue weighted by molar-refractivity contribution is 0.0615. The van der Waals surface area contributed by atoms with E-state index in [1.165, 1.54) is 0 Å². The Balaban J connectivity index is 1.77. The normalized spacial score (nSPS) is 20.2. The van der Waals surface area contributed by atoms with Crippen LogP contribution in [0.3, 0.4) is 0 Å². The van der Waals surface area contributed by atoms with Crippen LogP contribution < -0.4 is 0 Å². The van der Waals surface area contributed by atoms with Crippen molar-refractivity contribution in [1.29, 1.82) is 0 Å². The Morgan fingerprint density at radius 1 is 1.07 bits per heavy atom. The monoisotopic (exact) mass is 421 g/mol. The first kappa shape index (κ1) is 22.2. The Kier molecular flexibility index (Phi) is 7.02. The van der Waals surface area contributed by atoms with Crippen LogP contribution >= 0.6 is 0 Å². The Labute approximate surface area is 175 Å². The molecule has 2 aliphatic heterocycles. The topological polar surface area (TPSA) is 60.9 Å². The van der Waals surface area contributed by atoms with Gasteiger partial charge in [0.05, 0.1) is 4.90 Å². The lowest BCUT2D eigenvalue weighted by Gasteiger charge is -2.38. The Bertz CT molecular complexity index is 824. The van der Waals surface area contributed by atoms with E-state index in [0.717, 1.165) is 45.2 Å². The molecule has 1 aromatic carbocycles. The van der Waals surface area contributed by atoms with Crippen molar-refractivity contribution in [1.82, 2.24) is 14.1 Å². The molecule has 0 bridgehead atoms. The van der Waals surface area contributed by atoms with Gasteiger partial charge in [-0.15, -0.1) is 0 Å². The maximum atomic E-state index is 13.1. The summed E-state index contributed by atoms with van der Waals surface area (Å²) in [6.07, 6.45) is 4.77. The fraction of sp³-hybridized carbons (Fsp3) is 0.682. The van der Waals surface area contributed by atoms with E-state index in [4.69, 9.17) is 0 Å². The maximum absolute atomic E-state index is 13.1. The van der Waals surface area contributed by atoms with Gasteiger partial charge in [0.2, 0.25) is 10.0 Å². The van der Waals surface area contributed by atoms with Gasteiger partial charge in [-0.25, -0.2) is 8.42 Å². The molecule has 0 atom stereocenters. The molecule has 29 heavy (non-hydrogen) atoms. The van der Waals surface area contributed by atoms with Gasteiger partial charge in [-0.1, -0.05) is 12.5 Å². The maximum Gasteiger partial charge on any atom is 0.253 e. The summed E-state index contributed by atoms with van der Waals surface area (Å²) in [4.78, 5) is 17.6. The van der Waals surface area contributed by atoms with Crippen molar-refractivity contribution in [2.45, 2.75) is 69.9 Å². The minimum absolute atomic E-state index is 0.0944. The SMILES string of the molecule is Cc1ccc(C(=O)N(C)C2CCN(C(C)C)CC2)cc1S(=O)(=O)N1CCCCC1. The minimum atomic E-state index is -3.56. The number of nitrogens with zero attached hydrogens (tertiary/aromatic N) is 3. The average Bonchev–Trinajstić information content (AvgIpc) is 2.73. The van der Waals surface area contributed by atoms with Gasteiger partial charge in [-0.2, -0.15) is 4.31 Å². The van der Waals surface area contributed by atoms with Gasteiger partial charge in [0.15, 0.2) is 0 Å². The molecule has 0 unspecified atom stereocenters. The number of piperidine rings is 2. The van der Waals surface area contributed by atoms with Crippen molar-refractivity contribution in [3.63, 3.8) is 0 Å². The van der Waals surface area contributed by atoms with E-state index in [-0.39, 0.29) is 16.8 Å². The number of carbonyl (C=O) groups excluding carboxylic acids is 1. The van der Waals surface area contributed by atoms with Crippen LogP contribution in [0.2, 0.25) is 0 Å². The van der Waals surface area contributed by atoms with E-state index in [0.29, 0.717) is 30.3 Å². The van der Waals surface area contributed by atoms with Gasteiger partial charge in [0, 0.05) is 50.9 Å². The van der Waals surface area contributed by atoms with Crippen LogP contribution in [0.1, 0.15) is 61.9 Å². The number of rotatable bonds is 5. The van der Waals surface area contributed by atoms with Crippen LogP contribution in [0, 0.1) is 6.92 Å². The lowest BCUT2D eigenvalue weighted by Crippen LogP contribution is -2.47. The molecule has 7 heteroatoms.